The van der Waals surface area contributed by atoms with E-state index in [1.807, 2.05) is 23.1 Å². The van der Waals surface area contributed by atoms with Crippen LogP contribution in [-0.2, 0) is 11.2 Å². The van der Waals surface area contributed by atoms with Gasteiger partial charge in [-0.2, -0.15) is 0 Å². The number of ether oxygens (including phenoxy) is 2. The third-order valence-corrected chi connectivity index (χ3v) is 5.60. The second kappa shape index (κ2) is 8.77. The Morgan fingerprint density at radius 2 is 2.04 bits per heavy atom. The molecule has 3 atom stereocenters. The second-order valence-electron chi connectivity index (χ2n) is 7.00. The van der Waals surface area contributed by atoms with Gasteiger partial charge >= 0.3 is 0 Å². The Morgan fingerprint density at radius 3 is 2.72 bits per heavy atom. The molecule has 0 spiro atoms. The molecule has 25 heavy (non-hydrogen) atoms. The molecule has 6 heteroatoms. The fraction of sp³-hybridized carbons (Fsp3) is 0.632. The van der Waals surface area contributed by atoms with E-state index in [0.29, 0.717) is 18.3 Å². The quantitative estimate of drug-likeness (QED) is 0.838. The van der Waals surface area contributed by atoms with Crippen LogP contribution >= 0.6 is 12.4 Å². The van der Waals surface area contributed by atoms with Gasteiger partial charge in [-0.3, -0.25) is 4.79 Å². The van der Waals surface area contributed by atoms with Crippen LogP contribution in [0.15, 0.2) is 18.2 Å². The molecule has 2 fully saturated rings. The lowest BCUT2D eigenvalue weighted by molar-refractivity contribution is -0.130. The van der Waals surface area contributed by atoms with Gasteiger partial charge in [0, 0.05) is 31.6 Å². The molecule has 1 aromatic rings. The van der Waals surface area contributed by atoms with E-state index in [1.165, 1.54) is 6.42 Å². The number of nitrogens with zero attached hydrogens (tertiary/aromatic N) is 1. The summed E-state index contributed by atoms with van der Waals surface area (Å²) in [7, 11) is 3.31. The number of halogens is 1. The number of hydrogen-bond acceptors (Lipinski definition) is 4. The minimum atomic E-state index is 0. The maximum Gasteiger partial charge on any atom is 0.222 e. The lowest BCUT2D eigenvalue weighted by atomic mass is 9.98. The molecule has 1 amide bonds. The SMILES string of the molecule is COc1ccc(CCCC(=O)N2CC3CCC(N)C3C2)c(OC)c1.Cl. The second-order valence-corrected chi connectivity index (χ2v) is 7.00. The summed E-state index contributed by atoms with van der Waals surface area (Å²) in [6.45, 7) is 1.76. The van der Waals surface area contributed by atoms with Crippen LogP contribution in [0.25, 0.3) is 0 Å². The zero-order chi connectivity index (χ0) is 17.1. The fourth-order valence-electron chi connectivity index (χ4n) is 4.16. The first-order valence-electron chi connectivity index (χ1n) is 8.86. The van der Waals surface area contributed by atoms with Crippen molar-refractivity contribution in [2.45, 2.75) is 38.1 Å². The summed E-state index contributed by atoms with van der Waals surface area (Å²) in [5, 5.41) is 0. The normalized spacial score (nSPS) is 24.6. The van der Waals surface area contributed by atoms with Gasteiger partial charge in [-0.1, -0.05) is 6.07 Å². The van der Waals surface area contributed by atoms with E-state index < -0.39 is 0 Å². The monoisotopic (exact) mass is 368 g/mol. The van der Waals surface area contributed by atoms with Crippen molar-refractivity contribution < 1.29 is 14.3 Å². The number of hydrogen-bond donors (Lipinski definition) is 1. The van der Waals surface area contributed by atoms with Crippen LogP contribution in [0.5, 0.6) is 11.5 Å². The van der Waals surface area contributed by atoms with Crippen LogP contribution in [0, 0.1) is 11.8 Å². The van der Waals surface area contributed by atoms with Crippen LogP contribution in [0.2, 0.25) is 0 Å². The number of fused-ring (bicyclic) bond motifs is 1. The van der Waals surface area contributed by atoms with Crippen LogP contribution in [0.4, 0.5) is 0 Å². The fourth-order valence-corrected chi connectivity index (χ4v) is 4.16. The molecule has 1 aromatic carbocycles. The smallest absolute Gasteiger partial charge is 0.222 e. The first kappa shape index (κ1) is 19.9. The van der Waals surface area contributed by atoms with Gasteiger partial charge in [0.05, 0.1) is 14.2 Å². The number of carbonyl (C=O) groups is 1. The lowest BCUT2D eigenvalue weighted by Gasteiger charge is -2.19. The predicted molar refractivity (Wildman–Crippen MR) is 101 cm³/mol. The Bertz CT molecular complexity index is 596. The molecular weight excluding hydrogens is 340 g/mol. The zero-order valence-corrected chi connectivity index (χ0v) is 15.9. The highest BCUT2D eigenvalue weighted by atomic mass is 35.5. The number of carbonyl (C=O) groups excluding carboxylic acids is 1. The van der Waals surface area contributed by atoms with Gasteiger partial charge < -0.3 is 20.1 Å². The molecular formula is C19H29ClN2O3. The molecule has 3 unspecified atom stereocenters. The average molecular weight is 369 g/mol. The zero-order valence-electron chi connectivity index (χ0n) is 15.1. The molecule has 1 aliphatic heterocycles. The van der Waals surface area contributed by atoms with Crippen LogP contribution < -0.4 is 15.2 Å². The van der Waals surface area contributed by atoms with Crippen LogP contribution in [-0.4, -0.2) is 44.2 Å². The topological polar surface area (TPSA) is 64.8 Å². The van der Waals surface area contributed by atoms with Crippen molar-refractivity contribution in [3.05, 3.63) is 23.8 Å². The first-order chi connectivity index (χ1) is 11.6. The van der Waals surface area contributed by atoms with Gasteiger partial charge in [-0.05, 0) is 49.1 Å². The number of rotatable bonds is 6. The maximum atomic E-state index is 12.5. The van der Waals surface area contributed by atoms with E-state index in [4.69, 9.17) is 15.2 Å². The molecule has 1 saturated heterocycles. The molecule has 140 valence electrons. The van der Waals surface area contributed by atoms with E-state index in [2.05, 4.69) is 0 Å². The Kier molecular flexibility index (Phi) is 6.96. The third kappa shape index (κ3) is 4.39. The predicted octanol–water partition coefficient (Wildman–Crippen LogP) is 2.64. The van der Waals surface area contributed by atoms with Crippen molar-refractivity contribution in [2.24, 2.45) is 17.6 Å². The Morgan fingerprint density at radius 1 is 1.24 bits per heavy atom. The van der Waals surface area contributed by atoms with Gasteiger partial charge in [0.15, 0.2) is 0 Å². The molecule has 3 rings (SSSR count). The molecule has 0 radical (unpaired) electrons. The summed E-state index contributed by atoms with van der Waals surface area (Å²) < 4.78 is 10.6. The molecule has 1 aliphatic carbocycles. The van der Waals surface area contributed by atoms with Crippen molar-refractivity contribution in [1.29, 1.82) is 0 Å². The van der Waals surface area contributed by atoms with Crippen LogP contribution in [0.3, 0.4) is 0 Å². The highest BCUT2D eigenvalue weighted by molar-refractivity contribution is 5.85. The number of aryl methyl sites for hydroxylation is 1. The van der Waals surface area contributed by atoms with E-state index in [9.17, 15) is 4.79 Å². The number of methoxy groups -OCH3 is 2. The largest absolute Gasteiger partial charge is 0.497 e. The van der Waals surface area contributed by atoms with E-state index in [0.717, 1.165) is 49.4 Å². The number of likely N-dealkylation sites (tertiary alicyclic amines) is 1. The lowest BCUT2D eigenvalue weighted by Crippen LogP contribution is -2.33. The Hall–Kier alpha value is -1.46. The summed E-state index contributed by atoms with van der Waals surface area (Å²) in [6, 6.07) is 6.13. The van der Waals surface area contributed by atoms with Crippen LogP contribution in [0.1, 0.15) is 31.2 Å². The van der Waals surface area contributed by atoms with E-state index >= 15 is 0 Å². The minimum absolute atomic E-state index is 0. The Balaban J connectivity index is 0.00000225. The summed E-state index contributed by atoms with van der Waals surface area (Å²) in [4.78, 5) is 14.5. The minimum Gasteiger partial charge on any atom is -0.497 e. The number of nitrogens with two attached hydrogens (primary N) is 1. The van der Waals surface area contributed by atoms with Gasteiger partial charge in [0.2, 0.25) is 5.91 Å². The van der Waals surface area contributed by atoms with Crippen molar-refractivity contribution >= 4 is 18.3 Å². The molecule has 2 aliphatic rings. The van der Waals surface area contributed by atoms with Gasteiger partial charge in [0.25, 0.3) is 0 Å². The molecule has 2 N–H and O–H groups in total. The van der Waals surface area contributed by atoms with Crippen molar-refractivity contribution in [3.8, 4) is 11.5 Å². The molecule has 0 bridgehead atoms. The van der Waals surface area contributed by atoms with Crippen molar-refractivity contribution in [3.63, 3.8) is 0 Å². The molecule has 0 aromatic heterocycles. The number of benzene rings is 1. The molecule has 5 nitrogen and oxygen atoms in total. The van der Waals surface area contributed by atoms with Gasteiger partial charge in [-0.25, -0.2) is 0 Å². The molecule has 1 saturated carbocycles. The average Bonchev–Trinajstić information content (AvgIpc) is 3.17. The summed E-state index contributed by atoms with van der Waals surface area (Å²) in [5.74, 6) is 3.03. The Labute approximate surface area is 156 Å². The standard InChI is InChI=1S/C19H28N2O3.ClH/c1-23-15-8-6-13(18(10-15)24-2)4-3-5-19(22)21-11-14-7-9-17(20)16(14)12-21;/h6,8,10,14,16-17H,3-5,7,9,11-12,20H2,1-2H3;1H. The maximum absolute atomic E-state index is 12.5. The van der Waals surface area contributed by atoms with Gasteiger partial charge in [-0.15, -0.1) is 12.4 Å². The first-order valence-corrected chi connectivity index (χ1v) is 8.86. The highest BCUT2D eigenvalue weighted by Crippen LogP contribution is 2.37. The van der Waals surface area contributed by atoms with Gasteiger partial charge in [0.1, 0.15) is 11.5 Å². The number of amides is 1. The van der Waals surface area contributed by atoms with Crippen molar-refractivity contribution in [2.75, 3.05) is 27.3 Å². The van der Waals surface area contributed by atoms with E-state index in [-0.39, 0.29) is 24.4 Å². The summed E-state index contributed by atoms with van der Waals surface area (Å²) >= 11 is 0. The summed E-state index contributed by atoms with van der Waals surface area (Å²) in [5.41, 5.74) is 7.27. The molecule has 1 heterocycles. The highest BCUT2D eigenvalue weighted by Gasteiger charge is 2.42. The summed E-state index contributed by atoms with van der Waals surface area (Å²) in [6.07, 6.45) is 4.55. The van der Waals surface area contributed by atoms with Crippen molar-refractivity contribution in [1.82, 2.24) is 4.90 Å². The third-order valence-electron chi connectivity index (χ3n) is 5.60. The van der Waals surface area contributed by atoms with E-state index in [1.54, 1.807) is 14.2 Å².